The summed E-state index contributed by atoms with van der Waals surface area (Å²) >= 11 is 2.33. The third-order valence-corrected chi connectivity index (χ3v) is 2.56. The molecule has 0 radical (unpaired) electrons. The summed E-state index contributed by atoms with van der Waals surface area (Å²) in [5.74, 6) is 1.55. The van der Waals surface area contributed by atoms with Crippen LogP contribution in [-0.4, -0.2) is 6.61 Å². The van der Waals surface area contributed by atoms with Gasteiger partial charge in [0.05, 0.1) is 6.61 Å². The van der Waals surface area contributed by atoms with E-state index in [-0.39, 0.29) is 0 Å². The number of hydrogen-bond acceptors (Lipinski definition) is 1. The first-order chi connectivity index (χ1) is 6.15. The summed E-state index contributed by atoms with van der Waals surface area (Å²) in [6, 6.07) is 6.33. The van der Waals surface area contributed by atoms with Crippen LogP contribution in [0.15, 0.2) is 18.2 Å². The molecule has 0 saturated carbocycles. The standard InChI is InChI=1S/C11H15IO/c1-4-13-11-6-5-9(12)7-10(11)8(2)3/h5-8H,4H2,1-3H3. The maximum absolute atomic E-state index is 5.55. The molecular formula is C11H15IO. The van der Waals surface area contributed by atoms with E-state index < -0.39 is 0 Å². The van der Waals surface area contributed by atoms with Crippen LogP contribution >= 0.6 is 22.6 Å². The second-order valence-electron chi connectivity index (χ2n) is 3.27. The number of ether oxygens (including phenoxy) is 1. The molecule has 0 bridgehead atoms. The maximum Gasteiger partial charge on any atom is 0.122 e. The van der Waals surface area contributed by atoms with Gasteiger partial charge in [-0.1, -0.05) is 13.8 Å². The summed E-state index contributed by atoms with van der Waals surface area (Å²) in [7, 11) is 0. The zero-order valence-corrected chi connectivity index (χ0v) is 10.5. The van der Waals surface area contributed by atoms with E-state index in [9.17, 15) is 0 Å². The van der Waals surface area contributed by atoms with Crippen molar-refractivity contribution < 1.29 is 4.74 Å². The van der Waals surface area contributed by atoms with Crippen LogP contribution in [-0.2, 0) is 0 Å². The van der Waals surface area contributed by atoms with E-state index in [4.69, 9.17) is 4.74 Å². The second-order valence-corrected chi connectivity index (χ2v) is 4.52. The van der Waals surface area contributed by atoms with Gasteiger partial charge in [-0.15, -0.1) is 0 Å². The van der Waals surface area contributed by atoms with Crippen LogP contribution in [0.4, 0.5) is 0 Å². The van der Waals surface area contributed by atoms with Gasteiger partial charge in [0.25, 0.3) is 0 Å². The van der Waals surface area contributed by atoms with Gasteiger partial charge in [-0.05, 0) is 59.2 Å². The average Bonchev–Trinajstić information content (AvgIpc) is 2.08. The summed E-state index contributed by atoms with van der Waals surface area (Å²) in [6.07, 6.45) is 0. The summed E-state index contributed by atoms with van der Waals surface area (Å²) in [5.41, 5.74) is 1.30. The molecule has 0 heterocycles. The monoisotopic (exact) mass is 290 g/mol. The van der Waals surface area contributed by atoms with Crippen molar-refractivity contribution in [3.05, 3.63) is 27.3 Å². The van der Waals surface area contributed by atoms with Gasteiger partial charge < -0.3 is 4.74 Å². The summed E-state index contributed by atoms with van der Waals surface area (Å²) in [6.45, 7) is 7.13. The van der Waals surface area contributed by atoms with E-state index in [0.717, 1.165) is 12.4 Å². The Labute approximate surface area is 93.6 Å². The molecule has 0 atom stereocenters. The molecule has 1 aromatic carbocycles. The molecule has 0 N–H and O–H groups in total. The highest BCUT2D eigenvalue weighted by atomic mass is 127. The summed E-state index contributed by atoms with van der Waals surface area (Å²) in [5, 5.41) is 0. The molecule has 0 spiro atoms. The van der Waals surface area contributed by atoms with E-state index in [2.05, 4.69) is 54.6 Å². The van der Waals surface area contributed by atoms with Gasteiger partial charge in [0, 0.05) is 3.57 Å². The third-order valence-electron chi connectivity index (χ3n) is 1.89. The first-order valence-corrected chi connectivity index (χ1v) is 5.65. The first-order valence-electron chi connectivity index (χ1n) is 4.57. The van der Waals surface area contributed by atoms with E-state index in [1.54, 1.807) is 0 Å². The van der Waals surface area contributed by atoms with Gasteiger partial charge in [0.15, 0.2) is 0 Å². The minimum absolute atomic E-state index is 0.524. The molecule has 0 aliphatic rings. The fourth-order valence-electron chi connectivity index (χ4n) is 1.26. The Morgan fingerprint density at radius 3 is 2.62 bits per heavy atom. The van der Waals surface area contributed by atoms with Crippen LogP contribution < -0.4 is 4.74 Å². The molecule has 0 aromatic heterocycles. The Morgan fingerprint density at radius 2 is 2.08 bits per heavy atom. The van der Waals surface area contributed by atoms with Crippen LogP contribution in [0.1, 0.15) is 32.3 Å². The van der Waals surface area contributed by atoms with E-state index in [1.165, 1.54) is 9.13 Å². The second kappa shape index (κ2) is 4.84. The number of rotatable bonds is 3. The molecule has 0 fully saturated rings. The molecule has 2 heteroatoms. The Balaban J connectivity index is 3.03. The SMILES string of the molecule is CCOc1ccc(I)cc1C(C)C. The molecule has 72 valence electrons. The fraction of sp³-hybridized carbons (Fsp3) is 0.455. The molecular weight excluding hydrogens is 275 g/mol. The minimum Gasteiger partial charge on any atom is -0.494 e. The highest BCUT2D eigenvalue weighted by Gasteiger charge is 2.07. The van der Waals surface area contributed by atoms with Crippen LogP contribution in [0.3, 0.4) is 0 Å². The normalized spacial score (nSPS) is 10.5. The zero-order chi connectivity index (χ0) is 9.84. The zero-order valence-electron chi connectivity index (χ0n) is 8.30. The lowest BCUT2D eigenvalue weighted by Crippen LogP contribution is -1.98. The Bertz CT molecular complexity index is 281. The van der Waals surface area contributed by atoms with Gasteiger partial charge in [-0.3, -0.25) is 0 Å². The van der Waals surface area contributed by atoms with E-state index in [1.807, 2.05) is 6.92 Å². The largest absolute Gasteiger partial charge is 0.494 e. The van der Waals surface area contributed by atoms with Crippen molar-refractivity contribution in [2.75, 3.05) is 6.61 Å². The third kappa shape index (κ3) is 2.86. The van der Waals surface area contributed by atoms with Gasteiger partial charge >= 0.3 is 0 Å². The van der Waals surface area contributed by atoms with Crippen LogP contribution in [0, 0.1) is 3.57 Å². The molecule has 0 aliphatic carbocycles. The topological polar surface area (TPSA) is 9.23 Å². The lowest BCUT2D eigenvalue weighted by Gasteiger charge is -2.13. The smallest absolute Gasteiger partial charge is 0.122 e. The van der Waals surface area contributed by atoms with Crippen LogP contribution in [0.25, 0.3) is 0 Å². The Morgan fingerprint density at radius 1 is 1.38 bits per heavy atom. The molecule has 1 rings (SSSR count). The van der Waals surface area contributed by atoms with Gasteiger partial charge in [0.1, 0.15) is 5.75 Å². The molecule has 0 amide bonds. The summed E-state index contributed by atoms with van der Waals surface area (Å²) in [4.78, 5) is 0. The Kier molecular flexibility index (Phi) is 4.03. The molecule has 0 aliphatic heterocycles. The Hall–Kier alpha value is -0.250. The summed E-state index contributed by atoms with van der Waals surface area (Å²) < 4.78 is 6.82. The minimum atomic E-state index is 0.524. The van der Waals surface area contributed by atoms with Gasteiger partial charge in [0.2, 0.25) is 0 Å². The van der Waals surface area contributed by atoms with Crippen molar-refractivity contribution in [2.45, 2.75) is 26.7 Å². The average molecular weight is 290 g/mol. The fourth-order valence-corrected chi connectivity index (χ4v) is 1.77. The first kappa shape index (κ1) is 10.8. The quantitative estimate of drug-likeness (QED) is 0.769. The highest BCUT2D eigenvalue weighted by molar-refractivity contribution is 14.1. The van der Waals surface area contributed by atoms with Crippen molar-refractivity contribution in [3.63, 3.8) is 0 Å². The molecule has 1 aromatic rings. The lowest BCUT2D eigenvalue weighted by molar-refractivity contribution is 0.335. The van der Waals surface area contributed by atoms with Crippen molar-refractivity contribution in [1.82, 2.24) is 0 Å². The van der Waals surface area contributed by atoms with E-state index >= 15 is 0 Å². The predicted molar refractivity (Wildman–Crippen MR) is 64.4 cm³/mol. The number of benzene rings is 1. The van der Waals surface area contributed by atoms with Crippen molar-refractivity contribution in [3.8, 4) is 5.75 Å². The maximum atomic E-state index is 5.55. The number of halogens is 1. The molecule has 1 nitrogen and oxygen atoms in total. The lowest BCUT2D eigenvalue weighted by atomic mass is 10.0. The van der Waals surface area contributed by atoms with Crippen molar-refractivity contribution in [2.24, 2.45) is 0 Å². The molecule has 0 saturated heterocycles. The van der Waals surface area contributed by atoms with Gasteiger partial charge in [-0.2, -0.15) is 0 Å². The molecule has 13 heavy (non-hydrogen) atoms. The molecule has 0 unspecified atom stereocenters. The van der Waals surface area contributed by atoms with E-state index in [0.29, 0.717) is 5.92 Å². The van der Waals surface area contributed by atoms with Crippen molar-refractivity contribution in [1.29, 1.82) is 0 Å². The predicted octanol–water partition coefficient (Wildman–Crippen LogP) is 3.81. The van der Waals surface area contributed by atoms with Crippen LogP contribution in [0.2, 0.25) is 0 Å². The highest BCUT2D eigenvalue weighted by Crippen LogP contribution is 2.27. The number of hydrogen-bond donors (Lipinski definition) is 0. The van der Waals surface area contributed by atoms with Gasteiger partial charge in [-0.25, -0.2) is 0 Å². The van der Waals surface area contributed by atoms with Crippen LogP contribution in [0.5, 0.6) is 5.75 Å². The van der Waals surface area contributed by atoms with Crippen molar-refractivity contribution >= 4 is 22.6 Å².